The highest BCUT2D eigenvalue weighted by molar-refractivity contribution is 5.27. The normalized spacial score (nSPS) is 15.9. The van der Waals surface area contributed by atoms with Crippen molar-refractivity contribution in [2.45, 2.75) is 45.2 Å². The van der Waals surface area contributed by atoms with Crippen LogP contribution in [0.15, 0.2) is 24.3 Å². The van der Waals surface area contributed by atoms with Crippen LogP contribution < -0.4 is 10.1 Å². The zero-order chi connectivity index (χ0) is 14.2. The van der Waals surface area contributed by atoms with Gasteiger partial charge in [-0.25, -0.2) is 0 Å². The molecule has 3 heteroatoms. The highest BCUT2D eigenvalue weighted by atomic mass is 16.5. The molecule has 0 aliphatic heterocycles. The number of hydrogen-bond donors (Lipinski definition) is 1. The first-order valence-electron chi connectivity index (χ1n) is 7.92. The molecule has 2 rings (SSSR count). The minimum Gasteiger partial charge on any atom is -0.494 e. The zero-order valence-corrected chi connectivity index (χ0v) is 12.9. The van der Waals surface area contributed by atoms with Gasteiger partial charge >= 0.3 is 0 Å². The van der Waals surface area contributed by atoms with E-state index < -0.39 is 0 Å². The Labute approximate surface area is 123 Å². The Hall–Kier alpha value is -1.06. The predicted molar refractivity (Wildman–Crippen MR) is 84.2 cm³/mol. The van der Waals surface area contributed by atoms with Crippen LogP contribution >= 0.6 is 0 Å². The second-order valence-electron chi connectivity index (χ2n) is 5.67. The SMILES string of the molecule is CCOc1ccc(CNCCN(C)C2CCCC2)cc1. The van der Waals surface area contributed by atoms with Crippen LogP contribution in [0.4, 0.5) is 0 Å². The summed E-state index contributed by atoms with van der Waals surface area (Å²) in [7, 11) is 2.26. The van der Waals surface area contributed by atoms with Gasteiger partial charge in [0.25, 0.3) is 0 Å². The Balaban J connectivity index is 1.62. The summed E-state index contributed by atoms with van der Waals surface area (Å²) in [6.07, 6.45) is 5.59. The first kappa shape index (κ1) is 15.3. The standard InChI is InChI=1S/C17H28N2O/c1-3-20-17-10-8-15(9-11-17)14-18-12-13-19(2)16-6-4-5-7-16/h8-11,16,18H,3-7,12-14H2,1-2H3. The molecule has 1 aliphatic carbocycles. The van der Waals surface area contributed by atoms with Gasteiger partial charge in [0.2, 0.25) is 0 Å². The highest BCUT2D eigenvalue weighted by Gasteiger charge is 2.18. The third-order valence-corrected chi connectivity index (χ3v) is 4.15. The fraction of sp³-hybridized carbons (Fsp3) is 0.647. The van der Waals surface area contributed by atoms with Crippen molar-refractivity contribution in [3.8, 4) is 5.75 Å². The van der Waals surface area contributed by atoms with Crippen LogP contribution in [-0.4, -0.2) is 37.7 Å². The Morgan fingerprint density at radius 1 is 1.20 bits per heavy atom. The molecule has 1 aliphatic rings. The van der Waals surface area contributed by atoms with Gasteiger partial charge in [-0.15, -0.1) is 0 Å². The lowest BCUT2D eigenvalue weighted by molar-refractivity contribution is 0.245. The quantitative estimate of drug-likeness (QED) is 0.739. The smallest absolute Gasteiger partial charge is 0.119 e. The van der Waals surface area contributed by atoms with Gasteiger partial charge in [0.15, 0.2) is 0 Å². The fourth-order valence-electron chi connectivity index (χ4n) is 2.89. The van der Waals surface area contributed by atoms with E-state index in [2.05, 4.69) is 29.4 Å². The van der Waals surface area contributed by atoms with Crippen molar-refractivity contribution in [3.05, 3.63) is 29.8 Å². The van der Waals surface area contributed by atoms with Crippen LogP contribution in [0.5, 0.6) is 5.75 Å². The van der Waals surface area contributed by atoms with Gasteiger partial charge in [-0.2, -0.15) is 0 Å². The second kappa shape index (κ2) is 8.28. The van der Waals surface area contributed by atoms with E-state index in [0.717, 1.165) is 38.0 Å². The second-order valence-corrected chi connectivity index (χ2v) is 5.67. The summed E-state index contributed by atoms with van der Waals surface area (Å²) in [6, 6.07) is 9.19. The number of nitrogens with zero attached hydrogens (tertiary/aromatic N) is 1. The van der Waals surface area contributed by atoms with Crippen molar-refractivity contribution in [2.75, 3.05) is 26.7 Å². The first-order chi connectivity index (χ1) is 9.79. The van der Waals surface area contributed by atoms with E-state index in [-0.39, 0.29) is 0 Å². The van der Waals surface area contributed by atoms with Gasteiger partial charge in [-0.1, -0.05) is 25.0 Å². The minimum absolute atomic E-state index is 0.727. The largest absolute Gasteiger partial charge is 0.494 e. The van der Waals surface area contributed by atoms with Crippen LogP contribution in [-0.2, 0) is 6.54 Å². The van der Waals surface area contributed by atoms with Crippen molar-refractivity contribution >= 4 is 0 Å². The number of ether oxygens (including phenoxy) is 1. The van der Waals surface area contributed by atoms with Gasteiger partial charge < -0.3 is 15.0 Å². The number of rotatable bonds is 8. The van der Waals surface area contributed by atoms with E-state index in [1.54, 1.807) is 0 Å². The molecule has 0 spiro atoms. The highest BCUT2D eigenvalue weighted by Crippen LogP contribution is 2.21. The number of nitrogens with one attached hydrogen (secondary N) is 1. The van der Waals surface area contributed by atoms with Crippen LogP contribution in [0, 0.1) is 0 Å². The van der Waals surface area contributed by atoms with E-state index in [0.29, 0.717) is 0 Å². The van der Waals surface area contributed by atoms with Gasteiger partial charge in [0.05, 0.1) is 6.61 Å². The maximum atomic E-state index is 5.45. The Bertz CT molecular complexity index is 371. The van der Waals surface area contributed by atoms with Gasteiger partial charge in [-0.3, -0.25) is 0 Å². The third-order valence-electron chi connectivity index (χ3n) is 4.15. The van der Waals surface area contributed by atoms with E-state index in [1.165, 1.54) is 31.2 Å². The molecule has 112 valence electrons. The van der Waals surface area contributed by atoms with Crippen LogP contribution in [0.1, 0.15) is 38.2 Å². The molecule has 0 aromatic heterocycles. The summed E-state index contributed by atoms with van der Waals surface area (Å²) in [5.41, 5.74) is 1.32. The first-order valence-corrected chi connectivity index (χ1v) is 7.92. The maximum Gasteiger partial charge on any atom is 0.119 e. The molecule has 1 aromatic carbocycles. The molecule has 0 amide bonds. The maximum absolute atomic E-state index is 5.45. The van der Waals surface area contributed by atoms with Crippen molar-refractivity contribution in [1.29, 1.82) is 0 Å². The van der Waals surface area contributed by atoms with Gasteiger partial charge in [0, 0.05) is 25.7 Å². The summed E-state index contributed by atoms with van der Waals surface area (Å²) >= 11 is 0. The van der Waals surface area contributed by atoms with Crippen LogP contribution in [0.2, 0.25) is 0 Å². The lowest BCUT2D eigenvalue weighted by Crippen LogP contribution is -2.35. The molecule has 20 heavy (non-hydrogen) atoms. The summed E-state index contributed by atoms with van der Waals surface area (Å²) in [5.74, 6) is 0.956. The van der Waals surface area contributed by atoms with Crippen LogP contribution in [0.25, 0.3) is 0 Å². The van der Waals surface area contributed by atoms with Crippen LogP contribution in [0.3, 0.4) is 0 Å². The molecule has 0 atom stereocenters. The topological polar surface area (TPSA) is 24.5 Å². The predicted octanol–water partition coefficient (Wildman–Crippen LogP) is 3.05. The van der Waals surface area contributed by atoms with Gasteiger partial charge in [-0.05, 0) is 44.5 Å². The zero-order valence-electron chi connectivity index (χ0n) is 12.9. The molecule has 1 saturated carbocycles. The van der Waals surface area contributed by atoms with E-state index >= 15 is 0 Å². The fourth-order valence-corrected chi connectivity index (χ4v) is 2.89. The molecular weight excluding hydrogens is 248 g/mol. The monoisotopic (exact) mass is 276 g/mol. The van der Waals surface area contributed by atoms with Crippen molar-refractivity contribution in [2.24, 2.45) is 0 Å². The number of hydrogen-bond acceptors (Lipinski definition) is 3. The third kappa shape index (κ3) is 4.80. The molecule has 1 N–H and O–H groups in total. The lowest BCUT2D eigenvalue weighted by Gasteiger charge is -2.24. The molecule has 0 heterocycles. The molecule has 0 radical (unpaired) electrons. The Kier molecular flexibility index (Phi) is 6.34. The molecule has 0 unspecified atom stereocenters. The van der Waals surface area contributed by atoms with E-state index in [1.807, 2.05) is 19.1 Å². The molecular formula is C17H28N2O. The van der Waals surface area contributed by atoms with Crippen molar-refractivity contribution in [1.82, 2.24) is 10.2 Å². The molecule has 3 nitrogen and oxygen atoms in total. The molecule has 1 aromatic rings. The average molecular weight is 276 g/mol. The van der Waals surface area contributed by atoms with Crippen molar-refractivity contribution < 1.29 is 4.74 Å². The summed E-state index contributed by atoms with van der Waals surface area (Å²) in [6.45, 7) is 5.87. The minimum atomic E-state index is 0.727. The Morgan fingerprint density at radius 2 is 1.90 bits per heavy atom. The lowest BCUT2D eigenvalue weighted by atomic mass is 10.2. The van der Waals surface area contributed by atoms with E-state index in [4.69, 9.17) is 4.74 Å². The van der Waals surface area contributed by atoms with Crippen molar-refractivity contribution in [3.63, 3.8) is 0 Å². The summed E-state index contributed by atoms with van der Waals surface area (Å²) < 4.78 is 5.45. The average Bonchev–Trinajstić information content (AvgIpc) is 3.00. The number of benzene rings is 1. The number of likely N-dealkylation sites (N-methyl/N-ethyl adjacent to an activating group) is 1. The Morgan fingerprint density at radius 3 is 2.55 bits per heavy atom. The summed E-state index contributed by atoms with van der Waals surface area (Å²) in [4.78, 5) is 2.51. The molecule has 1 fully saturated rings. The molecule has 0 bridgehead atoms. The molecule has 0 saturated heterocycles. The van der Waals surface area contributed by atoms with E-state index in [9.17, 15) is 0 Å². The summed E-state index contributed by atoms with van der Waals surface area (Å²) in [5, 5.41) is 3.53. The van der Waals surface area contributed by atoms with Gasteiger partial charge in [0.1, 0.15) is 5.75 Å².